The van der Waals surface area contributed by atoms with Gasteiger partial charge in [-0.2, -0.15) is 0 Å². The van der Waals surface area contributed by atoms with E-state index in [0.717, 1.165) is 10.9 Å². The topological polar surface area (TPSA) is 47.8 Å². The highest BCUT2D eigenvalue weighted by Crippen LogP contribution is 2.26. The van der Waals surface area contributed by atoms with Crippen molar-refractivity contribution < 1.29 is 4.79 Å². The van der Waals surface area contributed by atoms with E-state index >= 15 is 0 Å². The summed E-state index contributed by atoms with van der Waals surface area (Å²) >= 11 is 5.84. The average molecular weight is 300 g/mol. The van der Waals surface area contributed by atoms with Crippen molar-refractivity contribution >= 4 is 28.3 Å². The highest BCUT2D eigenvalue weighted by molar-refractivity contribution is 6.30. The zero-order valence-corrected chi connectivity index (χ0v) is 12.5. The van der Waals surface area contributed by atoms with Crippen LogP contribution in [0.15, 0.2) is 42.9 Å². The van der Waals surface area contributed by atoms with Gasteiger partial charge in [0.15, 0.2) is 0 Å². The molecular weight excluding hydrogens is 286 g/mol. The second-order valence-corrected chi connectivity index (χ2v) is 5.50. The van der Waals surface area contributed by atoms with Crippen LogP contribution >= 0.6 is 11.6 Å². The largest absolute Gasteiger partial charge is 0.344 e. The van der Waals surface area contributed by atoms with Crippen LogP contribution in [0.5, 0.6) is 0 Å². The predicted molar refractivity (Wildman–Crippen MR) is 82.8 cm³/mol. The first-order valence-corrected chi connectivity index (χ1v) is 7.07. The third-order valence-electron chi connectivity index (χ3n) is 3.41. The van der Waals surface area contributed by atoms with Crippen molar-refractivity contribution in [1.29, 1.82) is 0 Å². The first-order valence-electron chi connectivity index (χ1n) is 6.69. The van der Waals surface area contributed by atoms with Crippen molar-refractivity contribution in [2.24, 2.45) is 0 Å². The van der Waals surface area contributed by atoms with Gasteiger partial charge in [0, 0.05) is 34.8 Å². The second kappa shape index (κ2) is 5.30. The van der Waals surface area contributed by atoms with Gasteiger partial charge in [-0.15, -0.1) is 0 Å². The van der Waals surface area contributed by atoms with Crippen LogP contribution in [0.1, 0.15) is 35.9 Å². The number of carbonyl (C=O) groups excluding carboxylic acids is 1. The van der Waals surface area contributed by atoms with Crippen LogP contribution in [0.2, 0.25) is 5.15 Å². The Hall–Kier alpha value is -2.20. The molecule has 0 aliphatic heterocycles. The van der Waals surface area contributed by atoms with Crippen LogP contribution in [-0.4, -0.2) is 20.3 Å². The summed E-state index contributed by atoms with van der Waals surface area (Å²) in [5.74, 6) is -0.144. The third kappa shape index (κ3) is 2.43. The SMILES string of the molecule is CC(C)n1cc(C(=O)c2cc(Cl)ncn2)c2ccccc21. The van der Waals surface area contributed by atoms with Gasteiger partial charge in [-0.25, -0.2) is 9.97 Å². The fraction of sp³-hybridized carbons (Fsp3) is 0.188. The quantitative estimate of drug-likeness (QED) is 0.544. The lowest BCUT2D eigenvalue weighted by Crippen LogP contribution is -2.04. The van der Waals surface area contributed by atoms with Crippen molar-refractivity contribution in [3.05, 3.63) is 59.3 Å². The molecule has 0 aliphatic carbocycles. The Balaban J connectivity index is 2.19. The van der Waals surface area contributed by atoms with E-state index in [9.17, 15) is 4.79 Å². The van der Waals surface area contributed by atoms with E-state index in [1.807, 2.05) is 30.5 Å². The molecule has 3 aromatic rings. The molecule has 0 fully saturated rings. The number of halogens is 1. The molecule has 0 saturated carbocycles. The molecule has 0 atom stereocenters. The van der Waals surface area contributed by atoms with E-state index < -0.39 is 0 Å². The number of para-hydroxylation sites is 1. The Morgan fingerprint density at radius 2 is 2.00 bits per heavy atom. The standard InChI is InChI=1S/C16H14ClN3O/c1-10(2)20-8-12(11-5-3-4-6-14(11)20)16(21)13-7-15(17)19-9-18-13/h3-10H,1-2H3. The van der Waals surface area contributed by atoms with Crippen LogP contribution in [0.25, 0.3) is 10.9 Å². The second-order valence-electron chi connectivity index (χ2n) is 5.12. The third-order valence-corrected chi connectivity index (χ3v) is 3.61. The monoisotopic (exact) mass is 299 g/mol. The Morgan fingerprint density at radius 1 is 1.24 bits per heavy atom. The predicted octanol–water partition coefficient (Wildman–Crippen LogP) is 3.90. The Kier molecular flexibility index (Phi) is 3.47. The van der Waals surface area contributed by atoms with Crippen LogP contribution in [-0.2, 0) is 0 Å². The fourth-order valence-electron chi connectivity index (χ4n) is 2.41. The molecule has 2 heterocycles. The van der Waals surface area contributed by atoms with Gasteiger partial charge in [-0.3, -0.25) is 4.79 Å². The first kappa shape index (κ1) is 13.8. The fourth-order valence-corrected chi connectivity index (χ4v) is 2.56. The molecule has 21 heavy (non-hydrogen) atoms. The lowest BCUT2D eigenvalue weighted by Gasteiger charge is -2.08. The van der Waals surface area contributed by atoms with Gasteiger partial charge >= 0.3 is 0 Å². The number of hydrogen-bond donors (Lipinski definition) is 0. The van der Waals surface area contributed by atoms with E-state index in [-0.39, 0.29) is 17.0 Å². The number of hydrogen-bond acceptors (Lipinski definition) is 3. The maximum atomic E-state index is 12.7. The van der Waals surface area contributed by atoms with Crippen LogP contribution in [0.3, 0.4) is 0 Å². The summed E-state index contributed by atoms with van der Waals surface area (Å²) in [6.07, 6.45) is 3.19. The van der Waals surface area contributed by atoms with Gasteiger partial charge in [0.2, 0.25) is 5.78 Å². The summed E-state index contributed by atoms with van der Waals surface area (Å²) in [5.41, 5.74) is 1.98. The Morgan fingerprint density at radius 3 is 2.71 bits per heavy atom. The molecule has 106 valence electrons. The van der Waals surface area contributed by atoms with Crippen LogP contribution < -0.4 is 0 Å². The first-order chi connectivity index (χ1) is 10.1. The molecular formula is C16H14ClN3O. The lowest BCUT2D eigenvalue weighted by molar-refractivity contribution is 0.103. The smallest absolute Gasteiger partial charge is 0.213 e. The highest BCUT2D eigenvalue weighted by atomic mass is 35.5. The summed E-state index contributed by atoms with van der Waals surface area (Å²) in [7, 11) is 0. The minimum atomic E-state index is -0.144. The lowest BCUT2D eigenvalue weighted by atomic mass is 10.1. The molecule has 0 bridgehead atoms. The van der Waals surface area contributed by atoms with E-state index in [1.54, 1.807) is 0 Å². The van der Waals surface area contributed by atoms with E-state index in [1.165, 1.54) is 12.4 Å². The molecule has 0 saturated heterocycles. The van der Waals surface area contributed by atoms with Crippen LogP contribution in [0, 0.1) is 0 Å². The highest BCUT2D eigenvalue weighted by Gasteiger charge is 2.18. The summed E-state index contributed by atoms with van der Waals surface area (Å²) in [6, 6.07) is 9.62. The number of benzene rings is 1. The molecule has 0 N–H and O–H groups in total. The number of fused-ring (bicyclic) bond motifs is 1. The zero-order chi connectivity index (χ0) is 15.0. The normalized spacial score (nSPS) is 11.2. The summed E-state index contributed by atoms with van der Waals surface area (Å²) in [4.78, 5) is 20.5. The molecule has 0 unspecified atom stereocenters. The van der Waals surface area contributed by atoms with Crippen LogP contribution in [0.4, 0.5) is 0 Å². The maximum Gasteiger partial charge on any atom is 0.213 e. The molecule has 2 aromatic heterocycles. The Bertz CT molecular complexity index is 823. The van der Waals surface area contributed by atoms with Crippen molar-refractivity contribution in [2.75, 3.05) is 0 Å². The van der Waals surface area contributed by atoms with E-state index in [2.05, 4.69) is 28.4 Å². The minimum Gasteiger partial charge on any atom is -0.344 e. The summed E-state index contributed by atoms with van der Waals surface area (Å²) < 4.78 is 2.09. The number of ketones is 1. The van der Waals surface area contributed by atoms with Gasteiger partial charge < -0.3 is 4.57 Å². The molecule has 0 amide bonds. The van der Waals surface area contributed by atoms with Gasteiger partial charge in [0.25, 0.3) is 0 Å². The van der Waals surface area contributed by atoms with Gasteiger partial charge in [0.05, 0.1) is 0 Å². The van der Waals surface area contributed by atoms with Crippen molar-refractivity contribution in [1.82, 2.24) is 14.5 Å². The number of nitrogens with zero attached hydrogens (tertiary/aromatic N) is 3. The molecule has 0 aliphatic rings. The molecule has 5 heteroatoms. The van der Waals surface area contributed by atoms with Gasteiger partial charge in [0.1, 0.15) is 17.2 Å². The minimum absolute atomic E-state index is 0.144. The van der Waals surface area contributed by atoms with Gasteiger partial charge in [-0.05, 0) is 19.9 Å². The summed E-state index contributed by atoms with van der Waals surface area (Å²) in [5, 5.41) is 1.19. The van der Waals surface area contributed by atoms with E-state index in [0.29, 0.717) is 11.3 Å². The molecule has 0 radical (unpaired) electrons. The molecule has 3 rings (SSSR count). The summed E-state index contributed by atoms with van der Waals surface area (Å²) in [6.45, 7) is 4.17. The van der Waals surface area contributed by atoms with Crippen molar-refractivity contribution in [2.45, 2.75) is 19.9 Å². The van der Waals surface area contributed by atoms with Crippen molar-refractivity contribution in [3.8, 4) is 0 Å². The molecule has 0 spiro atoms. The average Bonchev–Trinajstić information content (AvgIpc) is 2.86. The zero-order valence-electron chi connectivity index (χ0n) is 11.7. The number of rotatable bonds is 3. The molecule has 4 nitrogen and oxygen atoms in total. The van der Waals surface area contributed by atoms with Crippen molar-refractivity contribution in [3.63, 3.8) is 0 Å². The van der Waals surface area contributed by atoms with E-state index in [4.69, 9.17) is 11.6 Å². The maximum absolute atomic E-state index is 12.7. The van der Waals surface area contributed by atoms with Gasteiger partial charge in [-0.1, -0.05) is 29.8 Å². The Labute approximate surface area is 127 Å². The number of carbonyl (C=O) groups is 1. The molecule has 1 aromatic carbocycles. The number of aromatic nitrogens is 3.